The maximum atomic E-state index is 12.8. The number of nitrogens with zero attached hydrogens (tertiary/aromatic N) is 4. The summed E-state index contributed by atoms with van der Waals surface area (Å²) in [4.78, 5) is 24.2. The van der Waals surface area contributed by atoms with Crippen molar-refractivity contribution in [2.45, 2.75) is 6.42 Å². The smallest absolute Gasteiger partial charge is 0.264 e. The van der Waals surface area contributed by atoms with Gasteiger partial charge in [0.25, 0.3) is 5.56 Å². The zero-order valence-electron chi connectivity index (χ0n) is 16.3. The first-order valence-electron chi connectivity index (χ1n) is 9.67. The van der Waals surface area contributed by atoms with Crippen LogP contribution in [0.5, 0.6) is 5.75 Å². The van der Waals surface area contributed by atoms with Gasteiger partial charge in [-0.2, -0.15) is 0 Å². The molecule has 8 heteroatoms. The molecule has 3 heterocycles. The van der Waals surface area contributed by atoms with Gasteiger partial charge in [-0.3, -0.25) is 4.79 Å². The van der Waals surface area contributed by atoms with Gasteiger partial charge in [0.2, 0.25) is 0 Å². The molecule has 1 saturated heterocycles. The average molecular weight is 396 g/mol. The molecule has 0 amide bonds. The summed E-state index contributed by atoms with van der Waals surface area (Å²) < 4.78 is 6.87. The van der Waals surface area contributed by atoms with Gasteiger partial charge >= 0.3 is 0 Å². The number of hydrogen-bond acceptors (Lipinski definition) is 7. The third-order valence-electron chi connectivity index (χ3n) is 5.24. The summed E-state index contributed by atoms with van der Waals surface area (Å²) in [5, 5.41) is 18.9. The highest BCUT2D eigenvalue weighted by atomic mass is 16.5. The van der Waals surface area contributed by atoms with E-state index in [1.165, 1.54) is 10.9 Å². The van der Waals surface area contributed by atoms with Crippen molar-refractivity contribution >= 4 is 16.7 Å². The molecule has 4 rings (SSSR count). The highest BCUT2D eigenvalue weighted by Gasteiger charge is 2.26. The van der Waals surface area contributed by atoms with Crippen LogP contribution in [0.3, 0.4) is 0 Å². The van der Waals surface area contributed by atoms with Crippen molar-refractivity contribution < 1.29 is 14.9 Å². The molecule has 1 fully saturated rings. The molecule has 0 spiro atoms. The van der Waals surface area contributed by atoms with E-state index in [2.05, 4.69) is 9.88 Å². The van der Waals surface area contributed by atoms with Gasteiger partial charge in [0, 0.05) is 38.2 Å². The second-order valence-corrected chi connectivity index (χ2v) is 7.27. The Balaban J connectivity index is 1.80. The van der Waals surface area contributed by atoms with Gasteiger partial charge in [-0.05, 0) is 36.8 Å². The number of anilines is 1. The van der Waals surface area contributed by atoms with Gasteiger partial charge in [0.15, 0.2) is 0 Å². The van der Waals surface area contributed by atoms with Crippen LogP contribution in [-0.2, 0) is 7.05 Å². The molecular weight excluding hydrogens is 372 g/mol. The number of aliphatic hydroxyl groups is 2. The number of pyridine rings is 1. The fourth-order valence-electron chi connectivity index (χ4n) is 3.64. The standard InChI is InChI=1S/C21H24N4O4/c1-24-13-22-18-10-17(15-2-4-16(5-3-15)29-9-8-26)23-20(19(18)21(24)28)25-7-6-14(11-25)12-27/h2-5,10,13-14,26-27H,6-9,11-12H2,1H3/t14-/m0/s1. The molecule has 0 saturated carbocycles. The van der Waals surface area contributed by atoms with Crippen LogP contribution in [0.2, 0.25) is 0 Å². The minimum absolute atomic E-state index is 0.0391. The van der Waals surface area contributed by atoms with Gasteiger partial charge in [0.1, 0.15) is 23.6 Å². The molecule has 8 nitrogen and oxygen atoms in total. The Hall–Kier alpha value is -2.97. The van der Waals surface area contributed by atoms with E-state index in [1.54, 1.807) is 7.05 Å². The Labute approximate surface area is 168 Å². The normalized spacial score (nSPS) is 16.5. The van der Waals surface area contributed by atoms with Crippen molar-refractivity contribution in [3.63, 3.8) is 0 Å². The van der Waals surface area contributed by atoms with Crippen LogP contribution in [0.1, 0.15) is 6.42 Å². The number of ether oxygens (including phenoxy) is 1. The molecule has 29 heavy (non-hydrogen) atoms. The summed E-state index contributed by atoms with van der Waals surface area (Å²) in [7, 11) is 1.68. The molecule has 1 atom stereocenters. The molecule has 152 valence electrons. The lowest BCUT2D eigenvalue weighted by molar-refractivity contribution is 0.201. The fourth-order valence-corrected chi connectivity index (χ4v) is 3.64. The molecule has 0 aliphatic carbocycles. The van der Waals surface area contributed by atoms with E-state index in [1.807, 2.05) is 30.3 Å². The molecule has 2 N–H and O–H groups in total. The van der Waals surface area contributed by atoms with E-state index in [-0.39, 0.29) is 31.3 Å². The molecule has 1 aliphatic rings. The summed E-state index contributed by atoms with van der Waals surface area (Å²) in [6.45, 7) is 1.73. The van der Waals surface area contributed by atoms with Crippen LogP contribution >= 0.6 is 0 Å². The zero-order chi connectivity index (χ0) is 20.4. The van der Waals surface area contributed by atoms with Crippen molar-refractivity contribution in [3.8, 4) is 17.0 Å². The van der Waals surface area contributed by atoms with Crippen LogP contribution in [-0.4, -0.2) is 57.7 Å². The Morgan fingerprint density at radius 2 is 2.03 bits per heavy atom. The van der Waals surface area contributed by atoms with Gasteiger partial charge < -0.3 is 24.4 Å². The van der Waals surface area contributed by atoms with Crippen molar-refractivity contribution in [3.05, 3.63) is 47.0 Å². The van der Waals surface area contributed by atoms with E-state index in [0.29, 0.717) is 29.0 Å². The fraction of sp³-hybridized carbons (Fsp3) is 0.381. The summed E-state index contributed by atoms with van der Waals surface area (Å²) >= 11 is 0. The van der Waals surface area contributed by atoms with E-state index < -0.39 is 0 Å². The molecule has 0 radical (unpaired) electrons. The van der Waals surface area contributed by atoms with E-state index in [0.717, 1.165) is 24.2 Å². The van der Waals surface area contributed by atoms with Crippen LogP contribution < -0.4 is 15.2 Å². The van der Waals surface area contributed by atoms with Crippen LogP contribution in [0.4, 0.5) is 5.82 Å². The second kappa shape index (κ2) is 8.18. The first-order chi connectivity index (χ1) is 14.1. The number of aromatic nitrogens is 3. The van der Waals surface area contributed by atoms with E-state index in [4.69, 9.17) is 14.8 Å². The zero-order valence-corrected chi connectivity index (χ0v) is 16.3. The second-order valence-electron chi connectivity index (χ2n) is 7.27. The molecule has 1 aromatic carbocycles. The Morgan fingerprint density at radius 1 is 1.24 bits per heavy atom. The van der Waals surface area contributed by atoms with E-state index >= 15 is 0 Å². The molecule has 1 aliphatic heterocycles. The Kier molecular flexibility index (Phi) is 5.46. The Bertz CT molecular complexity index is 1060. The van der Waals surface area contributed by atoms with Crippen molar-refractivity contribution in [1.29, 1.82) is 0 Å². The van der Waals surface area contributed by atoms with Gasteiger partial charge in [-0.1, -0.05) is 0 Å². The molecule has 3 aromatic rings. The lowest BCUT2D eigenvalue weighted by Gasteiger charge is -2.20. The summed E-state index contributed by atoms with van der Waals surface area (Å²) in [5.74, 6) is 1.46. The average Bonchev–Trinajstić information content (AvgIpc) is 3.24. The number of aryl methyl sites for hydroxylation is 1. The van der Waals surface area contributed by atoms with Crippen molar-refractivity contribution in [2.24, 2.45) is 13.0 Å². The highest BCUT2D eigenvalue weighted by Crippen LogP contribution is 2.31. The predicted octanol–water partition coefficient (Wildman–Crippen LogP) is 1.19. The number of benzene rings is 1. The van der Waals surface area contributed by atoms with Crippen LogP contribution in [0, 0.1) is 5.92 Å². The van der Waals surface area contributed by atoms with Gasteiger partial charge in [0.05, 0.1) is 24.1 Å². The number of hydrogen-bond donors (Lipinski definition) is 2. The van der Waals surface area contributed by atoms with Gasteiger partial charge in [-0.15, -0.1) is 0 Å². The number of rotatable bonds is 6. The third kappa shape index (κ3) is 3.81. The number of aliphatic hydroxyl groups excluding tert-OH is 2. The minimum Gasteiger partial charge on any atom is -0.491 e. The van der Waals surface area contributed by atoms with Crippen molar-refractivity contribution in [1.82, 2.24) is 14.5 Å². The first-order valence-corrected chi connectivity index (χ1v) is 9.67. The van der Waals surface area contributed by atoms with Gasteiger partial charge in [-0.25, -0.2) is 9.97 Å². The lowest BCUT2D eigenvalue weighted by Crippen LogP contribution is -2.26. The number of fused-ring (bicyclic) bond motifs is 1. The summed E-state index contributed by atoms with van der Waals surface area (Å²) in [5.41, 5.74) is 2.06. The van der Waals surface area contributed by atoms with Crippen molar-refractivity contribution in [2.75, 3.05) is 37.8 Å². The first kappa shape index (κ1) is 19.4. The maximum absolute atomic E-state index is 12.8. The van der Waals surface area contributed by atoms with E-state index in [9.17, 15) is 9.90 Å². The summed E-state index contributed by atoms with van der Waals surface area (Å²) in [6, 6.07) is 9.26. The minimum atomic E-state index is -0.135. The SMILES string of the molecule is Cn1cnc2cc(-c3ccc(OCCO)cc3)nc(N3CC[C@H](CO)C3)c2c1=O. The monoisotopic (exact) mass is 396 g/mol. The van der Waals surface area contributed by atoms with Crippen LogP contribution in [0.25, 0.3) is 22.2 Å². The highest BCUT2D eigenvalue weighted by molar-refractivity contribution is 5.91. The lowest BCUT2D eigenvalue weighted by atomic mass is 10.1. The topological polar surface area (TPSA) is 101 Å². The summed E-state index contributed by atoms with van der Waals surface area (Å²) in [6.07, 6.45) is 2.38. The molecular formula is C21H24N4O4. The largest absolute Gasteiger partial charge is 0.491 e. The molecule has 2 aromatic heterocycles. The maximum Gasteiger partial charge on any atom is 0.264 e. The van der Waals surface area contributed by atoms with Crippen LogP contribution in [0.15, 0.2) is 41.5 Å². The molecule has 0 bridgehead atoms. The third-order valence-corrected chi connectivity index (χ3v) is 5.24. The quantitative estimate of drug-likeness (QED) is 0.645. The predicted molar refractivity (Wildman–Crippen MR) is 110 cm³/mol. The Morgan fingerprint density at radius 3 is 2.72 bits per heavy atom. The molecule has 0 unspecified atom stereocenters.